The molecule has 1 fully saturated rings. The third kappa shape index (κ3) is 7.19. The van der Waals surface area contributed by atoms with Gasteiger partial charge in [0.05, 0.1) is 23.0 Å². The molecule has 1 saturated heterocycles. The van der Waals surface area contributed by atoms with E-state index in [0.717, 1.165) is 6.08 Å². The summed E-state index contributed by atoms with van der Waals surface area (Å²) in [6.07, 6.45) is 1.42. The Kier molecular flexibility index (Phi) is 8.40. The van der Waals surface area contributed by atoms with Gasteiger partial charge in [-0.25, -0.2) is 26.8 Å². The molecule has 3 rings (SSSR count). The van der Waals surface area contributed by atoms with Gasteiger partial charge in [0.25, 0.3) is 5.91 Å². The summed E-state index contributed by atoms with van der Waals surface area (Å²) in [5.41, 5.74) is 0.864. The number of hydrogen-bond acceptors (Lipinski definition) is 8. The van der Waals surface area contributed by atoms with Crippen molar-refractivity contribution in [1.29, 1.82) is 0 Å². The van der Waals surface area contributed by atoms with Crippen LogP contribution in [0.4, 0.5) is 5.69 Å². The number of nitrogens with two attached hydrogens (primary N) is 1. The quantitative estimate of drug-likeness (QED) is 0.381. The molecular formula is C22H25N3O8S2. The van der Waals surface area contributed by atoms with Crippen LogP contribution in [0.1, 0.15) is 12.5 Å². The largest absolute Gasteiger partial charge is 0.449 e. The lowest BCUT2D eigenvalue weighted by molar-refractivity contribution is -0.148. The Balaban J connectivity index is 1.54. The summed E-state index contributed by atoms with van der Waals surface area (Å²) in [5, 5.41) is 7.53. The van der Waals surface area contributed by atoms with Crippen LogP contribution in [0.15, 0.2) is 64.4 Å². The van der Waals surface area contributed by atoms with Crippen LogP contribution in [0.3, 0.4) is 0 Å². The standard InChI is InChI=1S/C22H25N3O8S2/c1-16(22(27)24-18-5-9-19(10-6-18)34(23,28)29)33-21(26)11-4-17-2-7-20(8-3-17)35(30,31)25-12-14-32-15-13-25/h2-11,16H,12-15H2,1H3,(H,24,27)(H2,23,28,29)/b11-4+. The molecular weight excluding hydrogens is 498 g/mol. The third-order valence-corrected chi connectivity index (χ3v) is 7.85. The van der Waals surface area contributed by atoms with Gasteiger partial charge in [0, 0.05) is 24.9 Å². The molecule has 0 saturated carbocycles. The van der Waals surface area contributed by atoms with Gasteiger partial charge in [-0.1, -0.05) is 12.1 Å². The van der Waals surface area contributed by atoms with E-state index in [9.17, 15) is 26.4 Å². The molecule has 1 heterocycles. The maximum atomic E-state index is 12.6. The number of nitrogens with one attached hydrogen (secondary N) is 1. The summed E-state index contributed by atoms with van der Waals surface area (Å²) >= 11 is 0. The van der Waals surface area contributed by atoms with E-state index < -0.39 is 38.0 Å². The van der Waals surface area contributed by atoms with Crippen molar-refractivity contribution in [3.05, 3.63) is 60.2 Å². The third-order valence-electron chi connectivity index (χ3n) is 5.01. The van der Waals surface area contributed by atoms with Crippen molar-refractivity contribution >= 4 is 43.7 Å². The first kappa shape index (κ1) is 26.5. The highest BCUT2D eigenvalue weighted by Gasteiger charge is 2.26. The molecule has 0 spiro atoms. The number of sulfonamides is 2. The molecule has 3 N–H and O–H groups in total. The fraction of sp³-hybridized carbons (Fsp3) is 0.273. The predicted molar refractivity (Wildman–Crippen MR) is 127 cm³/mol. The first-order valence-corrected chi connectivity index (χ1v) is 13.5. The van der Waals surface area contributed by atoms with Gasteiger partial charge in [0.1, 0.15) is 0 Å². The number of rotatable bonds is 8. The van der Waals surface area contributed by atoms with Crippen molar-refractivity contribution < 1.29 is 35.9 Å². The van der Waals surface area contributed by atoms with Crippen LogP contribution in [0.25, 0.3) is 6.08 Å². The second-order valence-corrected chi connectivity index (χ2v) is 11.1. The molecule has 1 aliphatic heterocycles. The molecule has 188 valence electrons. The lowest BCUT2D eigenvalue weighted by Gasteiger charge is -2.26. The van der Waals surface area contributed by atoms with E-state index in [2.05, 4.69) is 5.32 Å². The molecule has 1 unspecified atom stereocenters. The van der Waals surface area contributed by atoms with Crippen molar-refractivity contribution in [1.82, 2.24) is 4.31 Å². The summed E-state index contributed by atoms with van der Waals surface area (Å²) in [6.45, 7) is 2.67. The van der Waals surface area contributed by atoms with Crippen LogP contribution < -0.4 is 10.5 Å². The Morgan fingerprint density at radius 3 is 2.14 bits per heavy atom. The second kappa shape index (κ2) is 11.1. The van der Waals surface area contributed by atoms with Gasteiger partial charge in [-0.2, -0.15) is 4.31 Å². The van der Waals surface area contributed by atoms with E-state index in [4.69, 9.17) is 14.6 Å². The molecule has 2 aromatic rings. The molecule has 11 nitrogen and oxygen atoms in total. The number of primary sulfonamides is 1. The Morgan fingerprint density at radius 2 is 1.57 bits per heavy atom. The number of morpholine rings is 1. The van der Waals surface area contributed by atoms with Crippen molar-refractivity contribution in [3.63, 3.8) is 0 Å². The molecule has 0 aliphatic carbocycles. The zero-order chi connectivity index (χ0) is 25.6. The molecule has 1 atom stereocenters. The maximum absolute atomic E-state index is 12.6. The Bertz CT molecular complexity index is 1300. The van der Waals surface area contributed by atoms with Gasteiger partial charge >= 0.3 is 5.97 Å². The van der Waals surface area contributed by atoms with Crippen LogP contribution in [0.5, 0.6) is 0 Å². The van der Waals surface area contributed by atoms with Crippen molar-refractivity contribution in [2.24, 2.45) is 5.14 Å². The monoisotopic (exact) mass is 523 g/mol. The molecule has 1 aliphatic rings. The maximum Gasteiger partial charge on any atom is 0.331 e. The SMILES string of the molecule is CC(OC(=O)/C=C/c1ccc(S(=O)(=O)N2CCOCC2)cc1)C(=O)Nc1ccc(S(N)(=O)=O)cc1. The number of amides is 1. The van der Waals surface area contributed by atoms with Crippen LogP contribution in [0, 0.1) is 0 Å². The van der Waals surface area contributed by atoms with E-state index in [1.54, 1.807) is 12.1 Å². The van der Waals surface area contributed by atoms with Crippen molar-refractivity contribution in [2.75, 3.05) is 31.6 Å². The average Bonchev–Trinajstić information content (AvgIpc) is 2.83. The average molecular weight is 524 g/mol. The normalized spacial score (nSPS) is 16.1. The minimum absolute atomic E-state index is 0.105. The van der Waals surface area contributed by atoms with Gasteiger partial charge < -0.3 is 14.8 Å². The molecule has 0 aromatic heterocycles. The topological polar surface area (TPSA) is 162 Å². The van der Waals surface area contributed by atoms with E-state index in [1.165, 1.54) is 53.7 Å². The summed E-state index contributed by atoms with van der Waals surface area (Å²) < 4.78 is 59.5. The number of anilines is 1. The van der Waals surface area contributed by atoms with E-state index in [-0.39, 0.29) is 9.79 Å². The molecule has 1 amide bonds. The van der Waals surface area contributed by atoms with Gasteiger partial charge in [-0.05, 0) is 55.0 Å². The van der Waals surface area contributed by atoms with Gasteiger partial charge in [-0.15, -0.1) is 0 Å². The molecule has 35 heavy (non-hydrogen) atoms. The van der Waals surface area contributed by atoms with Gasteiger partial charge in [0.2, 0.25) is 20.0 Å². The number of benzene rings is 2. The van der Waals surface area contributed by atoms with E-state index >= 15 is 0 Å². The first-order valence-electron chi connectivity index (χ1n) is 10.5. The minimum atomic E-state index is -3.85. The molecule has 13 heteroatoms. The Morgan fingerprint density at radius 1 is 1.00 bits per heavy atom. The van der Waals surface area contributed by atoms with E-state index in [1.807, 2.05) is 0 Å². The molecule has 0 radical (unpaired) electrons. The number of carbonyl (C=O) groups excluding carboxylic acids is 2. The molecule has 2 aromatic carbocycles. The van der Waals surface area contributed by atoms with Crippen LogP contribution in [-0.4, -0.2) is 65.4 Å². The number of esters is 1. The number of carbonyl (C=O) groups is 2. The Labute approximate surface area is 203 Å². The Hall–Kier alpha value is -3.10. The fourth-order valence-corrected chi connectivity index (χ4v) is 5.01. The predicted octanol–water partition coefficient (Wildman–Crippen LogP) is 0.939. The highest BCUT2D eigenvalue weighted by atomic mass is 32.2. The second-order valence-electron chi connectivity index (χ2n) is 7.56. The summed E-state index contributed by atoms with van der Waals surface area (Å²) in [4.78, 5) is 24.4. The van der Waals surface area contributed by atoms with Gasteiger partial charge in [-0.3, -0.25) is 4.79 Å². The lowest BCUT2D eigenvalue weighted by atomic mass is 10.2. The number of hydrogen-bond donors (Lipinski definition) is 2. The minimum Gasteiger partial charge on any atom is -0.449 e. The number of nitrogens with zero attached hydrogens (tertiary/aromatic N) is 1. The zero-order valence-corrected chi connectivity index (χ0v) is 20.4. The fourth-order valence-electron chi connectivity index (χ4n) is 3.09. The van der Waals surface area contributed by atoms with Crippen LogP contribution >= 0.6 is 0 Å². The smallest absolute Gasteiger partial charge is 0.331 e. The lowest BCUT2D eigenvalue weighted by Crippen LogP contribution is -2.40. The van der Waals surface area contributed by atoms with E-state index in [0.29, 0.717) is 37.6 Å². The summed E-state index contributed by atoms with van der Waals surface area (Å²) in [5.74, 6) is -1.39. The highest BCUT2D eigenvalue weighted by Crippen LogP contribution is 2.18. The number of ether oxygens (including phenoxy) is 2. The first-order chi connectivity index (χ1) is 16.5. The van der Waals surface area contributed by atoms with Crippen molar-refractivity contribution in [2.45, 2.75) is 22.8 Å². The summed E-state index contributed by atoms with van der Waals surface area (Å²) in [7, 11) is -7.46. The van der Waals surface area contributed by atoms with Gasteiger partial charge in [0.15, 0.2) is 6.10 Å². The highest BCUT2D eigenvalue weighted by molar-refractivity contribution is 7.89. The summed E-state index contributed by atoms with van der Waals surface area (Å²) in [6, 6.07) is 11.2. The molecule has 0 bridgehead atoms. The zero-order valence-electron chi connectivity index (χ0n) is 18.8. The van der Waals surface area contributed by atoms with Crippen LogP contribution in [0.2, 0.25) is 0 Å². The van der Waals surface area contributed by atoms with Crippen LogP contribution in [-0.2, 0) is 39.1 Å². The van der Waals surface area contributed by atoms with Crippen molar-refractivity contribution in [3.8, 4) is 0 Å².